The summed E-state index contributed by atoms with van der Waals surface area (Å²) < 4.78 is 0.749. The highest BCUT2D eigenvalue weighted by Gasteiger charge is 2.13. The number of anilines is 1. The maximum atomic E-state index is 11.0. The molecule has 0 radical (unpaired) electrons. The molecule has 2 rings (SSSR count). The number of nitrogens with two attached hydrogens (primary N) is 1. The molecule has 7 heteroatoms. The molecule has 5 nitrogen and oxygen atoms in total. The Balaban J connectivity index is 1.79. The fourth-order valence-corrected chi connectivity index (χ4v) is 3.37. The first kappa shape index (κ1) is 14.8. The van der Waals surface area contributed by atoms with E-state index in [-0.39, 0.29) is 11.2 Å². The predicted octanol–water partition coefficient (Wildman–Crippen LogP) is 2.16. The number of carbonyl (C=O) groups is 1. The molecule has 0 saturated carbocycles. The summed E-state index contributed by atoms with van der Waals surface area (Å²) in [5.41, 5.74) is 6.50. The van der Waals surface area contributed by atoms with Crippen molar-refractivity contribution in [1.29, 1.82) is 0 Å². The lowest BCUT2D eigenvalue weighted by atomic mass is 10.2. The van der Waals surface area contributed by atoms with E-state index in [0.29, 0.717) is 0 Å². The van der Waals surface area contributed by atoms with Crippen LogP contribution in [0.2, 0.25) is 0 Å². The van der Waals surface area contributed by atoms with Crippen LogP contribution in [0.25, 0.3) is 0 Å². The van der Waals surface area contributed by atoms with Gasteiger partial charge in [-0.15, -0.1) is 10.2 Å². The topological polar surface area (TPSA) is 80.9 Å². The van der Waals surface area contributed by atoms with Crippen molar-refractivity contribution < 1.29 is 4.79 Å². The molecule has 3 N–H and O–H groups in total. The van der Waals surface area contributed by atoms with Gasteiger partial charge in [0.2, 0.25) is 11.0 Å². The van der Waals surface area contributed by atoms with E-state index in [0.717, 1.165) is 22.4 Å². The van der Waals surface area contributed by atoms with Crippen molar-refractivity contribution in [2.24, 2.45) is 5.73 Å². The summed E-state index contributed by atoms with van der Waals surface area (Å²) in [5.74, 6) is -0.344. The summed E-state index contributed by atoms with van der Waals surface area (Å²) in [5, 5.41) is 11.8. The van der Waals surface area contributed by atoms with Gasteiger partial charge < -0.3 is 11.1 Å². The Morgan fingerprint density at radius 1 is 1.40 bits per heavy atom. The minimum atomic E-state index is -0.344. The number of hydrogen-bond donors (Lipinski definition) is 2. The maximum Gasteiger partial charge on any atom is 0.230 e. The Morgan fingerprint density at radius 2 is 2.15 bits per heavy atom. The third-order valence-corrected chi connectivity index (χ3v) is 4.70. The first-order valence-corrected chi connectivity index (χ1v) is 7.92. The third-order valence-electron chi connectivity index (χ3n) is 2.62. The Bertz CT molecular complexity index is 559. The third kappa shape index (κ3) is 4.50. The average Bonchev–Trinajstić information content (AvgIpc) is 2.87. The molecule has 1 aromatic carbocycles. The second-order valence-electron chi connectivity index (χ2n) is 4.20. The van der Waals surface area contributed by atoms with Crippen LogP contribution in [0.15, 0.2) is 34.7 Å². The first-order valence-electron chi connectivity index (χ1n) is 6.22. The number of nitrogens with zero attached hydrogens (tertiary/aromatic N) is 2. The number of aromatic nitrogens is 2. The van der Waals surface area contributed by atoms with Crippen molar-refractivity contribution in [2.75, 3.05) is 11.9 Å². The van der Waals surface area contributed by atoms with Gasteiger partial charge in [-0.1, -0.05) is 53.4 Å². The highest BCUT2D eigenvalue weighted by molar-refractivity contribution is 8.02. The van der Waals surface area contributed by atoms with Crippen LogP contribution in [0.3, 0.4) is 0 Å². The van der Waals surface area contributed by atoms with Crippen LogP contribution in [0.4, 0.5) is 5.13 Å². The van der Waals surface area contributed by atoms with E-state index in [1.807, 2.05) is 18.2 Å². The van der Waals surface area contributed by atoms with Crippen LogP contribution in [0.5, 0.6) is 0 Å². The second kappa shape index (κ2) is 7.25. The van der Waals surface area contributed by atoms with Gasteiger partial charge in [0, 0.05) is 6.54 Å². The lowest BCUT2D eigenvalue weighted by Gasteiger charge is -2.02. The Hall–Kier alpha value is -1.60. The van der Waals surface area contributed by atoms with Gasteiger partial charge in [-0.3, -0.25) is 4.79 Å². The standard InChI is InChI=1S/C13H16N4OS2/c1-9(11(14)18)19-13-17-16-12(20-13)15-8-7-10-5-3-2-4-6-10/h2-6,9H,7-8H2,1H3,(H2,14,18)(H,15,16). The van der Waals surface area contributed by atoms with Crippen molar-refractivity contribution in [3.05, 3.63) is 35.9 Å². The summed E-state index contributed by atoms with van der Waals surface area (Å²) in [6, 6.07) is 10.3. The summed E-state index contributed by atoms with van der Waals surface area (Å²) in [6.45, 7) is 2.56. The van der Waals surface area contributed by atoms with Crippen LogP contribution in [-0.2, 0) is 11.2 Å². The van der Waals surface area contributed by atoms with Crippen molar-refractivity contribution >= 4 is 34.1 Å². The minimum Gasteiger partial charge on any atom is -0.369 e. The average molecular weight is 308 g/mol. The van der Waals surface area contributed by atoms with Crippen LogP contribution < -0.4 is 11.1 Å². The minimum absolute atomic E-state index is 0.292. The van der Waals surface area contributed by atoms with Crippen molar-refractivity contribution in [3.8, 4) is 0 Å². The zero-order valence-electron chi connectivity index (χ0n) is 11.1. The molecule has 106 valence electrons. The fourth-order valence-electron chi connectivity index (χ4n) is 1.50. The molecule has 2 aromatic rings. The smallest absolute Gasteiger partial charge is 0.230 e. The molecule has 1 aromatic heterocycles. The van der Waals surface area contributed by atoms with E-state index >= 15 is 0 Å². The molecule has 0 aliphatic carbocycles. The van der Waals surface area contributed by atoms with Gasteiger partial charge in [-0.25, -0.2) is 0 Å². The molecule has 0 saturated heterocycles. The lowest BCUT2D eigenvalue weighted by Crippen LogP contribution is -2.22. The van der Waals surface area contributed by atoms with E-state index in [1.54, 1.807) is 6.92 Å². The molecule has 0 aliphatic rings. The molecule has 0 bridgehead atoms. The Kier molecular flexibility index (Phi) is 5.37. The van der Waals surface area contributed by atoms with E-state index in [2.05, 4.69) is 27.6 Å². The zero-order chi connectivity index (χ0) is 14.4. The van der Waals surface area contributed by atoms with Crippen molar-refractivity contribution in [3.63, 3.8) is 0 Å². The van der Waals surface area contributed by atoms with Gasteiger partial charge in [-0.05, 0) is 18.9 Å². The quantitative estimate of drug-likeness (QED) is 0.766. The molecule has 1 heterocycles. The van der Waals surface area contributed by atoms with Crippen molar-refractivity contribution in [2.45, 2.75) is 22.9 Å². The van der Waals surface area contributed by atoms with Gasteiger partial charge in [0.1, 0.15) is 0 Å². The van der Waals surface area contributed by atoms with E-state index in [1.165, 1.54) is 28.7 Å². The highest BCUT2D eigenvalue weighted by Crippen LogP contribution is 2.28. The molecule has 0 fully saturated rings. The SMILES string of the molecule is CC(Sc1nnc(NCCc2ccccc2)s1)C(N)=O. The summed E-state index contributed by atoms with van der Waals surface area (Å²) in [7, 11) is 0. The number of primary amides is 1. The monoisotopic (exact) mass is 308 g/mol. The highest BCUT2D eigenvalue weighted by atomic mass is 32.2. The van der Waals surface area contributed by atoms with E-state index in [4.69, 9.17) is 5.73 Å². The number of nitrogens with one attached hydrogen (secondary N) is 1. The number of rotatable bonds is 7. The van der Waals surface area contributed by atoms with E-state index in [9.17, 15) is 4.79 Å². The van der Waals surface area contributed by atoms with Gasteiger partial charge in [0.25, 0.3) is 0 Å². The number of benzene rings is 1. The Morgan fingerprint density at radius 3 is 2.85 bits per heavy atom. The van der Waals surface area contributed by atoms with Crippen LogP contribution in [0.1, 0.15) is 12.5 Å². The van der Waals surface area contributed by atoms with Crippen LogP contribution in [-0.4, -0.2) is 27.9 Å². The zero-order valence-corrected chi connectivity index (χ0v) is 12.7. The number of carbonyl (C=O) groups excluding carboxylic acids is 1. The molecular formula is C13H16N4OS2. The van der Waals surface area contributed by atoms with Gasteiger partial charge >= 0.3 is 0 Å². The van der Waals surface area contributed by atoms with Gasteiger partial charge in [0.05, 0.1) is 5.25 Å². The Labute approximate surface area is 126 Å². The van der Waals surface area contributed by atoms with Crippen LogP contribution >= 0.6 is 23.1 Å². The largest absolute Gasteiger partial charge is 0.369 e. The molecular weight excluding hydrogens is 292 g/mol. The molecule has 0 spiro atoms. The van der Waals surface area contributed by atoms with Crippen LogP contribution in [0, 0.1) is 0 Å². The number of hydrogen-bond acceptors (Lipinski definition) is 6. The molecule has 0 aliphatic heterocycles. The number of thioether (sulfide) groups is 1. The normalized spacial score (nSPS) is 12.1. The summed E-state index contributed by atoms with van der Waals surface area (Å²) in [6.07, 6.45) is 0.931. The van der Waals surface area contributed by atoms with Gasteiger partial charge in [-0.2, -0.15) is 0 Å². The molecule has 20 heavy (non-hydrogen) atoms. The molecule has 1 amide bonds. The van der Waals surface area contributed by atoms with Gasteiger partial charge in [0.15, 0.2) is 4.34 Å². The second-order valence-corrected chi connectivity index (χ2v) is 6.76. The first-order chi connectivity index (χ1) is 9.65. The molecule has 1 unspecified atom stereocenters. The predicted molar refractivity (Wildman–Crippen MR) is 83.1 cm³/mol. The fraction of sp³-hybridized carbons (Fsp3) is 0.308. The maximum absolute atomic E-state index is 11.0. The summed E-state index contributed by atoms with van der Waals surface area (Å²) in [4.78, 5) is 11.0. The number of amides is 1. The van der Waals surface area contributed by atoms with Crippen molar-refractivity contribution in [1.82, 2.24) is 10.2 Å². The summed E-state index contributed by atoms with van der Waals surface area (Å²) >= 11 is 2.77. The van der Waals surface area contributed by atoms with E-state index < -0.39 is 0 Å². The lowest BCUT2D eigenvalue weighted by molar-refractivity contribution is -0.117. The molecule has 1 atom stereocenters.